The highest BCUT2D eigenvalue weighted by atomic mass is 19.1. The first-order valence-electron chi connectivity index (χ1n) is 7.12. The molecule has 0 heterocycles. The van der Waals surface area contributed by atoms with E-state index in [2.05, 4.69) is 15.6 Å². The van der Waals surface area contributed by atoms with E-state index in [1.165, 1.54) is 18.2 Å². The minimum atomic E-state index is -0.519. The van der Waals surface area contributed by atoms with Crippen molar-refractivity contribution in [3.05, 3.63) is 71.3 Å². The summed E-state index contributed by atoms with van der Waals surface area (Å²) in [6.45, 7) is 1.03. The maximum Gasteiger partial charge on any atom is 0.191 e. The van der Waals surface area contributed by atoms with E-state index in [0.717, 1.165) is 5.56 Å². The van der Waals surface area contributed by atoms with E-state index < -0.39 is 11.6 Å². The van der Waals surface area contributed by atoms with Gasteiger partial charge in [-0.05, 0) is 24.1 Å². The molecule has 2 aromatic carbocycles. The van der Waals surface area contributed by atoms with Gasteiger partial charge in [-0.1, -0.05) is 36.4 Å². The summed E-state index contributed by atoms with van der Waals surface area (Å²) < 4.78 is 27.0. The summed E-state index contributed by atoms with van der Waals surface area (Å²) >= 11 is 0. The third-order valence-electron chi connectivity index (χ3n) is 3.26. The maximum atomic E-state index is 13.5. The van der Waals surface area contributed by atoms with Crippen molar-refractivity contribution in [3.8, 4) is 0 Å². The molecule has 0 aromatic heterocycles. The van der Waals surface area contributed by atoms with Gasteiger partial charge in [0.05, 0.1) is 0 Å². The molecule has 3 nitrogen and oxygen atoms in total. The van der Waals surface area contributed by atoms with Gasteiger partial charge in [0.2, 0.25) is 0 Å². The molecule has 0 saturated heterocycles. The van der Waals surface area contributed by atoms with E-state index in [1.54, 1.807) is 7.05 Å². The number of nitrogens with zero attached hydrogens (tertiary/aromatic N) is 1. The number of nitrogens with one attached hydrogen (secondary N) is 2. The molecule has 2 aromatic rings. The van der Waals surface area contributed by atoms with Gasteiger partial charge in [0.25, 0.3) is 0 Å². The Hall–Kier alpha value is -2.43. The van der Waals surface area contributed by atoms with Crippen LogP contribution in [-0.4, -0.2) is 19.6 Å². The fourth-order valence-electron chi connectivity index (χ4n) is 2.08. The molecule has 0 saturated carbocycles. The lowest BCUT2D eigenvalue weighted by Crippen LogP contribution is -2.38. The number of benzene rings is 2. The largest absolute Gasteiger partial charge is 0.356 e. The minimum absolute atomic E-state index is 0.0912. The van der Waals surface area contributed by atoms with Crippen LogP contribution in [0, 0.1) is 11.6 Å². The van der Waals surface area contributed by atoms with Crippen LogP contribution in [0.15, 0.2) is 53.5 Å². The Balaban J connectivity index is 1.82. The molecular formula is C17H19F2N3. The monoisotopic (exact) mass is 303 g/mol. The van der Waals surface area contributed by atoms with Crippen molar-refractivity contribution in [1.82, 2.24) is 10.6 Å². The normalized spacial score (nSPS) is 11.3. The molecule has 0 atom stereocenters. The van der Waals surface area contributed by atoms with Gasteiger partial charge in [0.15, 0.2) is 5.96 Å². The van der Waals surface area contributed by atoms with Crippen molar-refractivity contribution in [2.75, 3.05) is 13.6 Å². The second-order valence-electron chi connectivity index (χ2n) is 4.79. The SMILES string of the molecule is CN=C(NCCc1c(F)cccc1F)NCc1ccccc1. The van der Waals surface area contributed by atoms with Crippen molar-refractivity contribution in [2.45, 2.75) is 13.0 Å². The summed E-state index contributed by atoms with van der Waals surface area (Å²) in [5.41, 5.74) is 1.22. The maximum absolute atomic E-state index is 13.5. The van der Waals surface area contributed by atoms with Crippen LogP contribution in [0.3, 0.4) is 0 Å². The number of hydrogen-bond donors (Lipinski definition) is 2. The van der Waals surface area contributed by atoms with E-state index in [0.29, 0.717) is 19.0 Å². The van der Waals surface area contributed by atoms with Gasteiger partial charge in [-0.25, -0.2) is 8.78 Å². The van der Waals surface area contributed by atoms with Gasteiger partial charge in [-0.15, -0.1) is 0 Å². The zero-order chi connectivity index (χ0) is 15.8. The Morgan fingerprint density at radius 1 is 0.955 bits per heavy atom. The summed E-state index contributed by atoms with van der Waals surface area (Å²) in [7, 11) is 1.66. The van der Waals surface area contributed by atoms with Gasteiger partial charge in [0.1, 0.15) is 11.6 Å². The van der Waals surface area contributed by atoms with Crippen LogP contribution in [0.1, 0.15) is 11.1 Å². The van der Waals surface area contributed by atoms with Crippen LogP contribution in [0.2, 0.25) is 0 Å². The lowest BCUT2D eigenvalue weighted by molar-refractivity contribution is 0.553. The molecule has 0 radical (unpaired) electrons. The predicted molar refractivity (Wildman–Crippen MR) is 84.7 cm³/mol. The zero-order valence-electron chi connectivity index (χ0n) is 12.4. The van der Waals surface area contributed by atoms with Crippen LogP contribution in [0.25, 0.3) is 0 Å². The summed E-state index contributed by atoms with van der Waals surface area (Å²) in [4.78, 5) is 4.09. The van der Waals surface area contributed by atoms with Gasteiger partial charge in [0, 0.05) is 25.7 Å². The molecule has 0 aliphatic carbocycles. The van der Waals surface area contributed by atoms with Crippen LogP contribution in [0.4, 0.5) is 8.78 Å². The molecular weight excluding hydrogens is 284 g/mol. The molecule has 0 unspecified atom stereocenters. The molecule has 0 spiro atoms. The third kappa shape index (κ3) is 4.55. The third-order valence-corrected chi connectivity index (χ3v) is 3.26. The van der Waals surface area contributed by atoms with Crippen LogP contribution >= 0.6 is 0 Å². The van der Waals surface area contributed by atoms with Gasteiger partial charge in [-0.3, -0.25) is 4.99 Å². The fourth-order valence-corrected chi connectivity index (χ4v) is 2.08. The second kappa shape index (κ2) is 8.12. The van der Waals surface area contributed by atoms with Crippen molar-refractivity contribution < 1.29 is 8.78 Å². The first-order valence-corrected chi connectivity index (χ1v) is 7.12. The van der Waals surface area contributed by atoms with Crippen LogP contribution in [-0.2, 0) is 13.0 Å². The number of guanidine groups is 1. The molecule has 22 heavy (non-hydrogen) atoms. The molecule has 0 aliphatic rings. The molecule has 0 bridgehead atoms. The first kappa shape index (κ1) is 15.9. The average Bonchev–Trinajstić information content (AvgIpc) is 2.54. The highest BCUT2D eigenvalue weighted by molar-refractivity contribution is 5.79. The Kier molecular flexibility index (Phi) is 5.89. The standard InChI is InChI=1S/C17H19F2N3/c1-20-17(22-12-13-6-3-2-4-7-13)21-11-10-14-15(18)8-5-9-16(14)19/h2-9H,10-12H2,1H3,(H2,20,21,22). The predicted octanol–water partition coefficient (Wildman–Crippen LogP) is 2.87. The van der Waals surface area contributed by atoms with E-state index in [4.69, 9.17) is 0 Å². The van der Waals surface area contributed by atoms with Crippen molar-refractivity contribution in [2.24, 2.45) is 4.99 Å². The highest BCUT2D eigenvalue weighted by Gasteiger charge is 2.08. The fraction of sp³-hybridized carbons (Fsp3) is 0.235. The Morgan fingerprint density at radius 3 is 2.27 bits per heavy atom. The van der Waals surface area contributed by atoms with E-state index in [1.807, 2.05) is 30.3 Å². The number of aliphatic imine (C=N–C) groups is 1. The van der Waals surface area contributed by atoms with E-state index in [-0.39, 0.29) is 12.0 Å². The Morgan fingerprint density at radius 2 is 1.64 bits per heavy atom. The molecule has 0 aliphatic heterocycles. The molecule has 5 heteroatoms. The lowest BCUT2D eigenvalue weighted by Gasteiger charge is -2.12. The summed E-state index contributed by atoms with van der Waals surface area (Å²) in [6, 6.07) is 13.8. The molecule has 116 valence electrons. The number of halogens is 2. The van der Waals surface area contributed by atoms with Gasteiger partial charge >= 0.3 is 0 Å². The minimum Gasteiger partial charge on any atom is -0.356 e. The smallest absolute Gasteiger partial charge is 0.191 e. The van der Waals surface area contributed by atoms with Gasteiger partial charge < -0.3 is 10.6 Å². The topological polar surface area (TPSA) is 36.4 Å². The molecule has 2 rings (SSSR count). The number of rotatable bonds is 5. The van der Waals surface area contributed by atoms with E-state index in [9.17, 15) is 8.78 Å². The summed E-state index contributed by atoms with van der Waals surface area (Å²) in [5.74, 6) is -0.441. The Labute approximate surface area is 129 Å². The average molecular weight is 303 g/mol. The molecule has 2 N–H and O–H groups in total. The van der Waals surface area contributed by atoms with Crippen LogP contribution < -0.4 is 10.6 Å². The zero-order valence-corrected chi connectivity index (χ0v) is 12.4. The first-order chi connectivity index (χ1) is 10.7. The van der Waals surface area contributed by atoms with Crippen LogP contribution in [0.5, 0.6) is 0 Å². The van der Waals surface area contributed by atoms with E-state index >= 15 is 0 Å². The van der Waals surface area contributed by atoms with Crippen molar-refractivity contribution in [3.63, 3.8) is 0 Å². The Bertz CT molecular complexity index is 607. The lowest BCUT2D eigenvalue weighted by atomic mass is 10.1. The highest BCUT2D eigenvalue weighted by Crippen LogP contribution is 2.11. The van der Waals surface area contributed by atoms with Gasteiger partial charge in [-0.2, -0.15) is 0 Å². The quantitative estimate of drug-likeness (QED) is 0.658. The summed E-state index contributed by atoms with van der Waals surface area (Å²) in [5, 5.41) is 6.20. The van der Waals surface area contributed by atoms with Crippen molar-refractivity contribution >= 4 is 5.96 Å². The summed E-state index contributed by atoms with van der Waals surface area (Å²) in [6.07, 6.45) is 0.255. The molecule has 0 amide bonds. The number of hydrogen-bond acceptors (Lipinski definition) is 1. The second-order valence-corrected chi connectivity index (χ2v) is 4.79. The molecule has 0 fully saturated rings. The van der Waals surface area contributed by atoms with Crippen molar-refractivity contribution in [1.29, 1.82) is 0 Å².